The first-order chi connectivity index (χ1) is 9.14. The minimum Gasteiger partial charge on any atom is -0.350 e. The van der Waals surface area contributed by atoms with Gasteiger partial charge in [0.15, 0.2) is 0 Å². The molecule has 1 amide bonds. The van der Waals surface area contributed by atoms with E-state index in [4.69, 9.17) is 0 Å². The van der Waals surface area contributed by atoms with E-state index >= 15 is 0 Å². The van der Waals surface area contributed by atoms with Gasteiger partial charge in [0, 0.05) is 5.54 Å². The predicted octanol–water partition coefficient (Wildman–Crippen LogP) is 1.85. The molecule has 1 N–H and O–H groups in total. The summed E-state index contributed by atoms with van der Waals surface area (Å²) in [6.07, 6.45) is 3.54. The first-order valence-electron chi connectivity index (χ1n) is 6.95. The molecule has 3 aliphatic carbocycles. The quantitative estimate of drug-likeness (QED) is 0.762. The lowest BCUT2D eigenvalue weighted by atomic mass is 9.58. The molecule has 0 atom stereocenters. The molecule has 0 heterocycles. The van der Waals surface area contributed by atoms with Crippen molar-refractivity contribution in [1.82, 2.24) is 5.32 Å². The first kappa shape index (κ1) is 15.7. The van der Waals surface area contributed by atoms with Crippen LogP contribution in [0.25, 0.3) is 0 Å². The lowest BCUT2D eigenvalue weighted by molar-refractivity contribution is -0.131. The maximum atomic E-state index is 12.8. The molecule has 3 rings (SSSR count). The second-order valence-electron chi connectivity index (χ2n) is 6.57. The summed E-state index contributed by atoms with van der Waals surface area (Å²) in [6, 6.07) is 0. The lowest BCUT2D eigenvalue weighted by Crippen LogP contribution is -2.57. The molecule has 0 spiro atoms. The number of amides is 1. The Hall–Kier alpha value is -0.720. The molecular weight excluding hydrogens is 288 g/mol. The number of rotatable bonds is 5. The molecule has 2 bridgehead atoms. The van der Waals surface area contributed by atoms with E-state index in [1.54, 1.807) is 0 Å². The molecule has 20 heavy (non-hydrogen) atoms. The molecule has 0 aromatic heterocycles. The Kier molecular flexibility index (Phi) is 4.10. The van der Waals surface area contributed by atoms with Crippen LogP contribution in [-0.2, 0) is 15.5 Å². The standard InChI is InChI=1S/C13H21F2NO3S/c1-11(14,15)8-10(17)16-13-5-2-12(3-6-13,4-7-13)9-20(18)19/h20H,2-9H2,1H3,(H,16,17). The number of fused-ring (bicyclic) bond motifs is 3. The van der Waals surface area contributed by atoms with Crippen molar-refractivity contribution in [3.63, 3.8) is 0 Å². The van der Waals surface area contributed by atoms with Crippen LogP contribution in [0.5, 0.6) is 0 Å². The predicted molar refractivity (Wildman–Crippen MR) is 71.4 cm³/mol. The highest BCUT2D eigenvalue weighted by Gasteiger charge is 2.49. The van der Waals surface area contributed by atoms with E-state index in [0.29, 0.717) is 19.3 Å². The second kappa shape index (κ2) is 5.24. The van der Waals surface area contributed by atoms with Crippen LogP contribution in [0.1, 0.15) is 51.9 Å². The van der Waals surface area contributed by atoms with E-state index < -0.39 is 34.5 Å². The van der Waals surface area contributed by atoms with Crippen LogP contribution in [-0.4, -0.2) is 31.5 Å². The Morgan fingerprint density at radius 1 is 1.15 bits per heavy atom. The van der Waals surface area contributed by atoms with Gasteiger partial charge in [-0.05, 0) is 50.9 Å². The largest absolute Gasteiger partial charge is 0.350 e. The fourth-order valence-corrected chi connectivity index (χ4v) is 4.61. The van der Waals surface area contributed by atoms with Crippen molar-refractivity contribution in [2.75, 3.05) is 5.75 Å². The topological polar surface area (TPSA) is 63.2 Å². The average Bonchev–Trinajstić information content (AvgIpc) is 2.27. The number of alkyl halides is 2. The van der Waals surface area contributed by atoms with Crippen molar-refractivity contribution in [2.24, 2.45) is 5.41 Å². The van der Waals surface area contributed by atoms with Crippen LogP contribution >= 0.6 is 0 Å². The SMILES string of the molecule is CC(F)(F)CC(=O)NC12CCC(C[SH](=O)=O)(CC1)CC2. The summed E-state index contributed by atoms with van der Waals surface area (Å²) >= 11 is 0. The zero-order valence-corrected chi connectivity index (χ0v) is 12.5. The number of hydrogen-bond donors (Lipinski definition) is 2. The van der Waals surface area contributed by atoms with Gasteiger partial charge in [-0.15, -0.1) is 0 Å². The Morgan fingerprint density at radius 2 is 1.65 bits per heavy atom. The molecular formula is C13H21F2NO3S. The highest BCUT2D eigenvalue weighted by atomic mass is 32.2. The second-order valence-corrected chi connectivity index (χ2v) is 7.55. The lowest BCUT2D eigenvalue weighted by Gasteiger charge is -2.53. The van der Waals surface area contributed by atoms with Crippen LogP contribution < -0.4 is 5.32 Å². The number of nitrogens with one attached hydrogen (secondary N) is 1. The normalized spacial score (nSPS) is 33.4. The third-order valence-electron chi connectivity index (χ3n) is 4.74. The van der Waals surface area contributed by atoms with Crippen molar-refractivity contribution >= 4 is 16.6 Å². The van der Waals surface area contributed by atoms with Gasteiger partial charge in [-0.2, -0.15) is 0 Å². The van der Waals surface area contributed by atoms with Gasteiger partial charge >= 0.3 is 0 Å². The average molecular weight is 309 g/mol. The summed E-state index contributed by atoms with van der Waals surface area (Å²) in [5.41, 5.74) is -0.533. The highest BCUT2D eigenvalue weighted by Crippen LogP contribution is 2.52. The van der Waals surface area contributed by atoms with Crippen molar-refractivity contribution in [2.45, 2.75) is 63.3 Å². The molecule has 4 nitrogen and oxygen atoms in total. The molecule has 0 unspecified atom stereocenters. The monoisotopic (exact) mass is 309 g/mol. The first-order valence-corrected chi connectivity index (χ1v) is 8.31. The van der Waals surface area contributed by atoms with E-state index in [1.165, 1.54) is 0 Å². The van der Waals surface area contributed by atoms with Crippen LogP contribution in [0.3, 0.4) is 0 Å². The summed E-state index contributed by atoms with van der Waals surface area (Å²) in [7, 11) is -2.39. The third kappa shape index (κ3) is 3.68. The number of thiol groups is 1. The van der Waals surface area contributed by atoms with E-state index in [-0.39, 0.29) is 11.2 Å². The Morgan fingerprint density at radius 3 is 2.05 bits per heavy atom. The summed E-state index contributed by atoms with van der Waals surface area (Å²) in [5, 5.41) is 2.78. The van der Waals surface area contributed by atoms with Crippen molar-refractivity contribution in [3.05, 3.63) is 0 Å². The van der Waals surface area contributed by atoms with E-state index in [0.717, 1.165) is 26.2 Å². The van der Waals surface area contributed by atoms with Crippen molar-refractivity contribution in [1.29, 1.82) is 0 Å². The number of carbonyl (C=O) groups is 1. The van der Waals surface area contributed by atoms with E-state index in [9.17, 15) is 22.0 Å². The molecule has 3 aliphatic rings. The molecule has 3 fully saturated rings. The van der Waals surface area contributed by atoms with Gasteiger partial charge in [0.2, 0.25) is 5.91 Å². The fraction of sp³-hybridized carbons (Fsp3) is 0.923. The minimum atomic E-state index is -2.99. The molecule has 0 aromatic rings. The number of carbonyl (C=O) groups excluding carboxylic acids is 1. The van der Waals surface area contributed by atoms with Crippen LogP contribution in [0.2, 0.25) is 0 Å². The maximum Gasteiger partial charge on any atom is 0.254 e. The van der Waals surface area contributed by atoms with Gasteiger partial charge in [-0.25, -0.2) is 17.2 Å². The summed E-state index contributed by atoms with van der Waals surface area (Å²) in [6.45, 7) is 0.738. The van der Waals surface area contributed by atoms with Crippen molar-refractivity contribution < 1.29 is 22.0 Å². The maximum absolute atomic E-state index is 12.8. The van der Waals surface area contributed by atoms with Gasteiger partial charge in [-0.1, -0.05) is 0 Å². The van der Waals surface area contributed by atoms with Gasteiger partial charge in [0.25, 0.3) is 5.92 Å². The Balaban J connectivity index is 1.95. The molecule has 0 radical (unpaired) electrons. The van der Waals surface area contributed by atoms with Gasteiger partial charge < -0.3 is 5.32 Å². The van der Waals surface area contributed by atoms with Crippen LogP contribution in [0.4, 0.5) is 8.78 Å². The fourth-order valence-electron chi connectivity index (χ4n) is 3.58. The van der Waals surface area contributed by atoms with Crippen molar-refractivity contribution in [3.8, 4) is 0 Å². The zero-order valence-electron chi connectivity index (χ0n) is 11.6. The van der Waals surface area contributed by atoms with E-state index in [2.05, 4.69) is 5.32 Å². The Labute approximate surface area is 119 Å². The Bertz CT molecular complexity index is 438. The summed E-state index contributed by atoms with van der Waals surface area (Å²) in [5.74, 6) is -3.39. The molecule has 0 saturated heterocycles. The minimum absolute atomic E-state index is 0.142. The van der Waals surface area contributed by atoms with Gasteiger partial charge in [0.05, 0.1) is 12.2 Å². The number of halogens is 2. The van der Waals surface area contributed by atoms with Gasteiger partial charge in [-0.3, -0.25) is 4.79 Å². The van der Waals surface area contributed by atoms with Gasteiger partial charge in [0.1, 0.15) is 10.7 Å². The summed E-state index contributed by atoms with van der Waals surface area (Å²) < 4.78 is 47.6. The molecule has 7 heteroatoms. The summed E-state index contributed by atoms with van der Waals surface area (Å²) in [4.78, 5) is 11.7. The number of hydrogen-bond acceptors (Lipinski definition) is 3. The molecule has 116 valence electrons. The molecule has 0 aliphatic heterocycles. The van der Waals surface area contributed by atoms with Crippen LogP contribution in [0, 0.1) is 5.41 Å². The molecule has 0 aromatic carbocycles. The highest BCUT2D eigenvalue weighted by molar-refractivity contribution is 7.72. The smallest absolute Gasteiger partial charge is 0.254 e. The third-order valence-corrected chi connectivity index (χ3v) is 5.67. The molecule has 3 saturated carbocycles. The van der Waals surface area contributed by atoms with E-state index in [1.807, 2.05) is 0 Å². The zero-order chi connectivity index (χ0) is 15.0. The van der Waals surface area contributed by atoms with Crippen LogP contribution in [0.15, 0.2) is 0 Å².